The van der Waals surface area contributed by atoms with Crippen molar-refractivity contribution in [3.8, 4) is 5.75 Å². The summed E-state index contributed by atoms with van der Waals surface area (Å²) in [6, 6.07) is 10.0. The van der Waals surface area contributed by atoms with Crippen molar-refractivity contribution >= 4 is 21.6 Å². The number of hydrogen-bond donors (Lipinski definition) is 1. The smallest absolute Gasteiger partial charge is 0.387 e. The maximum Gasteiger partial charge on any atom is 0.387 e. The second-order valence-corrected chi connectivity index (χ2v) is 8.71. The fourth-order valence-corrected chi connectivity index (χ4v) is 4.98. The molecule has 1 saturated heterocycles. The largest absolute Gasteiger partial charge is 0.435 e. The van der Waals surface area contributed by atoms with E-state index in [9.17, 15) is 22.0 Å². The van der Waals surface area contributed by atoms with E-state index in [0.29, 0.717) is 24.3 Å². The molecule has 9 heteroatoms. The van der Waals surface area contributed by atoms with Crippen LogP contribution < -0.4 is 10.1 Å². The van der Waals surface area contributed by atoms with Crippen LogP contribution in [0.2, 0.25) is 0 Å². The molecule has 1 aliphatic rings. The number of sulfonamides is 1. The normalized spacial score (nSPS) is 15.3. The van der Waals surface area contributed by atoms with Crippen LogP contribution >= 0.6 is 0 Å². The molecule has 0 aromatic heterocycles. The number of hydrogen-bond acceptors (Lipinski definition) is 4. The van der Waals surface area contributed by atoms with E-state index in [1.807, 2.05) is 0 Å². The number of piperidine rings is 1. The maximum atomic E-state index is 13.0. The van der Waals surface area contributed by atoms with Gasteiger partial charge in [0.1, 0.15) is 5.75 Å². The lowest BCUT2D eigenvalue weighted by molar-refractivity contribution is -0.0498. The average Bonchev–Trinajstić information content (AvgIpc) is 2.69. The van der Waals surface area contributed by atoms with Gasteiger partial charge in [0.25, 0.3) is 5.91 Å². The highest BCUT2D eigenvalue weighted by Crippen LogP contribution is 2.26. The molecule has 1 amide bonds. The molecule has 0 saturated carbocycles. The molecular formula is C20H22F2N2O4S. The molecule has 6 nitrogen and oxygen atoms in total. The third-order valence-corrected chi connectivity index (χ3v) is 6.74. The molecule has 3 rings (SSSR count). The van der Waals surface area contributed by atoms with Gasteiger partial charge in [0.15, 0.2) is 0 Å². The molecule has 156 valence electrons. The van der Waals surface area contributed by atoms with E-state index >= 15 is 0 Å². The minimum absolute atomic E-state index is 0.115. The van der Waals surface area contributed by atoms with Crippen molar-refractivity contribution in [1.82, 2.24) is 4.31 Å². The number of nitrogens with one attached hydrogen (secondary N) is 1. The summed E-state index contributed by atoms with van der Waals surface area (Å²) in [5, 5.41) is 2.62. The number of halogens is 2. The molecule has 0 aliphatic carbocycles. The lowest BCUT2D eigenvalue weighted by Crippen LogP contribution is -2.36. The molecule has 1 aliphatic heterocycles. The Morgan fingerprint density at radius 2 is 1.83 bits per heavy atom. The number of rotatable bonds is 6. The Kier molecular flexibility index (Phi) is 6.49. The number of ether oxygens (including phenoxy) is 1. The summed E-state index contributed by atoms with van der Waals surface area (Å²) in [6.07, 6.45) is 2.66. The summed E-state index contributed by atoms with van der Waals surface area (Å²) in [6.45, 7) is -0.328. The molecule has 0 atom stereocenters. The molecule has 0 bridgehead atoms. The third kappa shape index (κ3) is 5.10. The molecule has 0 spiro atoms. The van der Waals surface area contributed by atoms with Gasteiger partial charge >= 0.3 is 6.61 Å². The van der Waals surface area contributed by atoms with Crippen molar-refractivity contribution in [2.75, 3.05) is 18.4 Å². The summed E-state index contributed by atoms with van der Waals surface area (Å²) < 4.78 is 56.5. The number of benzene rings is 2. The van der Waals surface area contributed by atoms with Crippen molar-refractivity contribution in [2.24, 2.45) is 0 Å². The van der Waals surface area contributed by atoms with E-state index < -0.39 is 22.5 Å². The second-order valence-electron chi connectivity index (χ2n) is 6.81. The SMILES string of the molecule is Cc1ccc(NC(=O)c2cccc(OC(F)F)c2)cc1S(=O)(=O)N1CCCCC1. The van der Waals surface area contributed by atoms with E-state index in [1.165, 1.54) is 34.6 Å². The molecule has 0 unspecified atom stereocenters. The summed E-state index contributed by atoms with van der Waals surface area (Å²) in [5.74, 6) is -0.695. The monoisotopic (exact) mass is 424 g/mol. The first-order valence-electron chi connectivity index (χ1n) is 9.24. The number of carbonyl (C=O) groups excluding carboxylic acids is 1. The first kappa shape index (κ1) is 21.2. The van der Waals surface area contributed by atoms with Crippen LogP contribution in [0.15, 0.2) is 47.4 Å². The highest BCUT2D eigenvalue weighted by atomic mass is 32.2. The molecule has 0 radical (unpaired) electrons. The Balaban J connectivity index is 1.82. The average molecular weight is 424 g/mol. The van der Waals surface area contributed by atoms with E-state index in [1.54, 1.807) is 19.1 Å². The zero-order valence-electron chi connectivity index (χ0n) is 15.9. The third-order valence-electron chi connectivity index (χ3n) is 4.70. The topological polar surface area (TPSA) is 75.7 Å². The zero-order chi connectivity index (χ0) is 21.0. The van der Waals surface area contributed by atoms with Crippen LogP contribution in [0.5, 0.6) is 5.75 Å². The van der Waals surface area contributed by atoms with Gasteiger partial charge in [0, 0.05) is 24.3 Å². The molecular weight excluding hydrogens is 402 g/mol. The standard InChI is InChI=1S/C20H22F2N2O4S/c1-14-8-9-16(13-18(14)29(26,27)24-10-3-2-4-11-24)23-19(25)15-6-5-7-17(12-15)28-20(21)22/h5-9,12-13,20H,2-4,10-11H2,1H3,(H,23,25). The Bertz CT molecular complexity index is 990. The van der Waals surface area contributed by atoms with E-state index in [4.69, 9.17) is 0 Å². The maximum absolute atomic E-state index is 13.0. The quantitative estimate of drug-likeness (QED) is 0.760. The second kappa shape index (κ2) is 8.87. The van der Waals surface area contributed by atoms with Crippen molar-refractivity contribution in [2.45, 2.75) is 37.7 Å². The van der Waals surface area contributed by atoms with Crippen molar-refractivity contribution < 1.29 is 26.7 Å². The van der Waals surface area contributed by atoms with Crippen LogP contribution in [0, 0.1) is 6.92 Å². The first-order chi connectivity index (χ1) is 13.8. The summed E-state index contributed by atoms with van der Waals surface area (Å²) in [5.41, 5.74) is 1.00. The Hall–Kier alpha value is -2.52. The van der Waals surface area contributed by atoms with Gasteiger partial charge in [-0.3, -0.25) is 4.79 Å². The number of amides is 1. The van der Waals surface area contributed by atoms with Crippen LogP contribution in [0.1, 0.15) is 35.2 Å². The Morgan fingerprint density at radius 1 is 1.10 bits per heavy atom. The van der Waals surface area contributed by atoms with Crippen LogP contribution in [0.25, 0.3) is 0 Å². The molecule has 29 heavy (non-hydrogen) atoms. The lowest BCUT2D eigenvalue weighted by Gasteiger charge is -2.26. The van der Waals surface area contributed by atoms with Crippen LogP contribution in [-0.4, -0.2) is 38.3 Å². The van der Waals surface area contributed by atoms with Crippen LogP contribution in [-0.2, 0) is 10.0 Å². The summed E-state index contributed by atoms with van der Waals surface area (Å²) in [4.78, 5) is 12.6. The fraction of sp³-hybridized carbons (Fsp3) is 0.350. The number of carbonyl (C=O) groups is 1. The lowest BCUT2D eigenvalue weighted by atomic mass is 10.2. The summed E-state index contributed by atoms with van der Waals surface area (Å²) >= 11 is 0. The highest BCUT2D eigenvalue weighted by molar-refractivity contribution is 7.89. The minimum Gasteiger partial charge on any atom is -0.435 e. The van der Waals surface area contributed by atoms with Gasteiger partial charge in [-0.15, -0.1) is 0 Å². The molecule has 1 heterocycles. The predicted octanol–water partition coefficient (Wildman–Crippen LogP) is 4.02. The number of nitrogens with zero attached hydrogens (tertiary/aromatic N) is 1. The molecule has 2 aromatic carbocycles. The predicted molar refractivity (Wildman–Crippen MR) is 105 cm³/mol. The van der Waals surface area contributed by atoms with E-state index in [2.05, 4.69) is 10.1 Å². The van der Waals surface area contributed by atoms with Gasteiger partial charge in [0.2, 0.25) is 10.0 Å². The number of anilines is 1. The number of aryl methyl sites for hydroxylation is 1. The summed E-state index contributed by atoms with van der Waals surface area (Å²) in [7, 11) is -3.66. The van der Waals surface area contributed by atoms with E-state index in [-0.39, 0.29) is 16.2 Å². The number of alkyl halides is 2. The molecule has 1 N–H and O–H groups in total. The van der Waals surface area contributed by atoms with Gasteiger partial charge < -0.3 is 10.1 Å². The Labute approximate surface area is 168 Å². The van der Waals surface area contributed by atoms with Gasteiger partial charge in [0.05, 0.1) is 4.90 Å². The van der Waals surface area contributed by atoms with E-state index in [0.717, 1.165) is 19.3 Å². The highest BCUT2D eigenvalue weighted by Gasteiger charge is 2.27. The van der Waals surface area contributed by atoms with Crippen molar-refractivity contribution in [3.05, 3.63) is 53.6 Å². The van der Waals surface area contributed by atoms with Gasteiger partial charge in [-0.25, -0.2) is 8.42 Å². The Morgan fingerprint density at radius 3 is 2.52 bits per heavy atom. The molecule has 1 fully saturated rings. The minimum atomic E-state index is -3.66. The fourth-order valence-electron chi connectivity index (χ4n) is 3.22. The van der Waals surface area contributed by atoms with Gasteiger partial charge in [-0.2, -0.15) is 13.1 Å². The van der Waals surface area contributed by atoms with Crippen molar-refractivity contribution in [1.29, 1.82) is 0 Å². The first-order valence-corrected chi connectivity index (χ1v) is 10.7. The van der Waals surface area contributed by atoms with Gasteiger partial charge in [-0.05, 0) is 55.7 Å². The van der Waals surface area contributed by atoms with Crippen LogP contribution in [0.4, 0.5) is 14.5 Å². The van der Waals surface area contributed by atoms with Crippen molar-refractivity contribution in [3.63, 3.8) is 0 Å². The molecule has 2 aromatic rings. The zero-order valence-corrected chi connectivity index (χ0v) is 16.7. The van der Waals surface area contributed by atoms with Gasteiger partial charge in [-0.1, -0.05) is 18.6 Å². The van der Waals surface area contributed by atoms with Crippen LogP contribution in [0.3, 0.4) is 0 Å².